The molecule has 0 aromatic heterocycles. The van der Waals surface area contributed by atoms with Gasteiger partial charge in [0, 0.05) is 6.42 Å². The van der Waals surface area contributed by atoms with Gasteiger partial charge in [-0.25, -0.2) is 4.79 Å². The number of alkyl halides is 9. The van der Waals surface area contributed by atoms with Crippen molar-refractivity contribution in [3.63, 3.8) is 0 Å². The van der Waals surface area contributed by atoms with E-state index in [1.54, 1.807) is 0 Å². The van der Waals surface area contributed by atoms with Crippen LogP contribution in [-0.2, 0) is 45.7 Å². The summed E-state index contributed by atoms with van der Waals surface area (Å²) in [4.78, 5) is 24.3. The number of ether oxygens (including phenoxy) is 1. The summed E-state index contributed by atoms with van der Waals surface area (Å²) in [6, 6.07) is 2.78. The fraction of sp³-hybridized carbons (Fsp3) is 0.333. The van der Waals surface area contributed by atoms with Crippen LogP contribution in [0.1, 0.15) is 27.8 Å². The van der Waals surface area contributed by atoms with E-state index >= 15 is 0 Å². The molecule has 2 aromatic rings. The zero-order valence-electron chi connectivity index (χ0n) is 17.2. The number of amides is 1. The topological polar surface area (TPSA) is 55.4 Å². The van der Waals surface area contributed by atoms with Crippen LogP contribution < -0.4 is 5.32 Å². The summed E-state index contributed by atoms with van der Waals surface area (Å²) in [5.41, 5.74) is -4.61. The summed E-state index contributed by atoms with van der Waals surface area (Å²) in [5, 5.41) is 2.13. The summed E-state index contributed by atoms with van der Waals surface area (Å²) in [5.74, 6) is -2.12. The van der Waals surface area contributed by atoms with Gasteiger partial charge in [0.05, 0.1) is 30.2 Å². The first-order valence-electron chi connectivity index (χ1n) is 9.32. The van der Waals surface area contributed by atoms with E-state index in [0.717, 1.165) is 31.4 Å². The SMILES string of the molecule is COC(=O)[C@H](Cc1ccc(C(F)(F)F)cc1)NC(=O)Cc1cc(C(F)(F)F)cc(C(F)(F)F)c1. The van der Waals surface area contributed by atoms with Crippen LogP contribution in [0.2, 0.25) is 0 Å². The second-order valence-corrected chi connectivity index (χ2v) is 7.13. The van der Waals surface area contributed by atoms with Crippen molar-refractivity contribution in [1.82, 2.24) is 5.32 Å². The highest BCUT2D eigenvalue weighted by Gasteiger charge is 2.37. The summed E-state index contributed by atoms with van der Waals surface area (Å²) in [6.07, 6.45) is -16.1. The first kappa shape index (κ1) is 27.0. The Morgan fingerprint density at radius 3 is 1.65 bits per heavy atom. The average molecular weight is 501 g/mol. The molecule has 2 rings (SSSR count). The molecule has 0 aliphatic carbocycles. The Hall–Kier alpha value is -3.25. The molecule has 0 heterocycles. The smallest absolute Gasteiger partial charge is 0.416 e. The highest BCUT2D eigenvalue weighted by atomic mass is 19.4. The van der Waals surface area contributed by atoms with E-state index in [-0.39, 0.29) is 18.1 Å². The van der Waals surface area contributed by atoms with Crippen LogP contribution in [0.5, 0.6) is 0 Å². The summed E-state index contributed by atoms with van der Waals surface area (Å²) in [7, 11) is 0.955. The van der Waals surface area contributed by atoms with Gasteiger partial charge in [0.2, 0.25) is 5.91 Å². The third-order valence-electron chi connectivity index (χ3n) is 4.55. The predicted molar refractivity (Wildman–Crippen MR) is 99.2 cm³/mol. The van der Waals surface area contributed by atoms with Gasteiger partial charge in [-0.15, -0.1) is 0 Å². The molecule has 4 nitrogen and oxygen atoms in total. The van der Waals surface area contributed by atoms with Gasteiger partial charge >= 0.3 is 24.5 Å². The van der Waals surface area contributed by atoms with Crippen LogP contribution in [0.25, 0.3) is 0 Å². The molecule has 0 bridgehead atoms. The second-order valence-electron chi connectivity index (χ2n) is 7.13. The molecule has 13 heteroatoms. The number of hydrogen-bond acceptors (Lipinski definition) is 3. The molecule has 0 saturated heterocycles. The molecule has 34 heavy (non-hydrogen) atoms. The fourth-order valence-corrected chi connectivity index (χ4v) is 2.95. The molecule has 0 spiro atoms. The lowest BCUT2D eigenvalue weighted by atomic mass is 10.0. The van der Waals surface area contributed by atoms with Gasteiger partial charge in [0.1, 0.15) is 6.04 Å². The Morgan fingerprint density at radius 1 is 0.765 bits per heavy atom. The van der Waals surface area contributed by atoms with Gasteiger partial charge in [-0.1, -0.05) is 12.1 Å². The van der Waals surface area contributed by atoms with Crippen molar-refractivity contribution in [2.75, 3.05) is 7.11 Å². The highest BCUT2D eigenvalue weighted by molar-refractivity contribution is 5.85. The van der Waals surface area contributed by atoms with Crippen molar-refractivity contribution in [2.45, 2.75) is 37.4 Å². The van der Waals surface area contributed by atoms with Crippen molar-refractivity contribution in [1.29, 1.82) is 0 Å². The van der Waals surface area contributed by atoms with Crippen LogP contribution in [0.3, 0.4) is 0 Å². The number of carbonyl (C=O) groups is 2. The maximum atomic E-state index is 13.0. The molecule has 1 amide bonds. The molecule has 0 fully saturated rings. The number of hydrogen-bond donors (Lipinski definition) is 1. The number of benzene rings is 2. The molecular formula is C21H16F9NO3. The van der Waals surface area contributed by atoms with Crippen LogP contribution >= 0.6 is 0 Å². The number of esters is 1. The number of nitrogens with one attached hydrogen (secondary N) is 1. The van der Waals surface area contributed by atoms with Crippen LogP contribution in [0.4, 0.5) is 39.5 Å². The molecule has 0 unspecified atom stereocenters. The van der Waals surface area contributed by atoms with E-state index in [1.807, 2.05) is 0 Å². The normalized spacial score (nSPS) is 13.4. The van der Waals surface area contributed by atoms with Gasteiger partial charge in [0.15, 0.2) is 0 Å². The summed E-state index contributed by atoms with van der Waals surface area (Å²) < 4.78 is 120. The van der Waals surface area contributed by atoms with E-state index in [9.17, 15) is 49.1 Å². The van der Waals surface area contributed by atoms with Crippen LogP contribution in [-0.4, -0.2) is 25.0 Å². The van der Waals surface area contributed by atoms with Gasteiger partial charge in [-0.2, -0.15) is 39.5 Å². The molecule has 0 saturated carbocycles. The van der Waals surface area contributed by atoms with Crippen molar-refractivity contribution in [3.8, 4) is 0 Å². The number of halogens is 9. The van der Waals surface area contributed by atoms with Gasteiger partial charge in [-0.3, -0.25) is 4.79 Å². The number of methoxy groups -OCH3 is 1. The lowest BCUT2D eigenvalue weighted by molar-refractivity contribution is -0.145. The lowest BCUT2D eigenvalue weighted by Gasteiger charge is -2.18. The molecule has 0 radical (unpaired) electrons. The lowest BCUT2D eigenvalue weighted by Crippen LogP contribution is -2.43. The van der Waals surface area contributed by atoms with Crippen LogP contribution in [0, 0.1) is 0 Å². The minimum atomic E-state index is -5.11. The quantitative estimate of drug-likeness (QED) is 0.438. The van der Waals surface area contributed by atoms with Gasteiger partial charge in [0.25, 0.3) is 0 Å². The third kappa shape index (κ3) is 7.39. The van der Waals surface area contributed by atoms with Crippen molar-refractivity contribution in [2.24, 2.45) is 0 Å². The second kappa shape index (κ2) is 9.94. The molecule has 1 N–H and O–H groups in total. The van der Waals surface area contributed by atoms with E-state index in [1.165, 1.54) is 0 Å². The summed E-state index contributed by atoms with van der Waals surface area (Å²) in [6.45, 7) is 0. The Balaban J connectivity index is 2.23. The largest absolute Gasteiger partial charge is 0.467 e. The van der Waals surface area contributed by atoms with E-state index < -0.39 is 65.1 Å². The highest BCUT2D eigenvalue weighted by Crippen LogP contribution is 2.36. The van der Waals surface area contributed by atoms with Crippen molar-refractivity contribution >= 4 is 11.9 Å². The zero-order chi connectivity index (χ0) is 25.9. The van der Waals surface area contributed by atoms with Crippen LogP contribution in [0.15, 0.2) is 42.5 Å². The molecule has 186 valence electrons. The zero-order valence-corrected chi connectivity index (χ0v) is 17.2. The number of rotatable bonds is 6. The Labute approximate surface area is 186 Å². The third-order valence-corrected chi connectivity index (χ3v) is 4.55. The monoisotopic (exact) mass is 501 g/mol. The first-order valence-corrected chi connectivity index (χ1v) is 9.32. The Bertz CT molecular complexity index is 994. The number of carbonyl (C=O) groups excluding carboxylic acids is 2. The van der Waals surface area contributed by atoms with E-state index in [4.69, 9.17) is 0 Å². The molecule has 0 aliphatic rings. The Kier molecular flexibility index (Phi) is 7.89. The molecular weight excluding hydrogens is 485 g/mol. The summed E-state index contributed by atoms with van der Waals surface area (Å²) >= 11 is 0. The average Bonchev–Trinajstić information content (AvgIpc) is 2.70. The fourth-order valence-electron chi connectivity index (χ4n) is 2.95. The van der Waals surface area contributed by atoms with Crippen molar-refractivity contribution in [3.05, 3.63) is 70.3 Å². The molecule has 2 aromatic carbocycles. The van der Waals surface area contributed by atoms with E-state index in [0.29, 0.717) is 12.1 Å². The maximum Gasteiger partial charge on any atom is 0.416 e. The first-order chi connectivity index (χ1) is 15.5. The van der Waals surface area contributed by atoms with E-state index in [2.05, 4.69) is 10.1 Å². The molecule has 0 aliphatic heterocycles. The Morgan fingerprint density at radius 2 is 1.24 bits per heavy atom. The minimum Gasteiger partial charge on any atom is -0.467 e. The predicted octanol–water partition coefficient (Wildman–Crippen LogP) is 5.19. The minimum absolute atomic E-state index is 0.0940. The molecule has 1 atom stereocenters. The van der Waals surface area contributed by atoms with Gasteiger partial charge < -0.3 is 10.1 Å². The van der Waals surface area contributed by atoms with Crippen molar-refractivity contribution < 1.29 is 53.8 Å². The van der Waals surface area contributed by atoms with Gasteiger partial charge in [-0.05, 0) is 41.5 Å². The standard InChI is InChI=1S/C21H16F9NO3/c1-34-18(33)16(8-11-2-4-13(5-3-11)19(22,23)24)31-17(32)9-12-6-14(20(25,26)27)10-15(7-12)21(28,29)30/h2-7,10,16H,8-9H2,1H3,(H,31,32)/t16-/m0/s1. The maximum absolute atomic E-state index is 13.0.